The van der Waals surface area contributed by atoms with Crippen LogP contribution in [0.25, 0.3) is 11.1 Å². The second-order valence-corrected chi connectivity index (χ2v) is 3.63. The quantitative estimate of drug-likeness (QED) is 0.773. The smallest absolute Gasteiger partial charge is 0.343 e. The lowest BCUT2D eigenvalue weighted by Gasteiger charge is -2.07. The number of hydrogen-bond donors (Lipinski definition) is 0. The highest BCUT2D eigenvalue weighted by atomic mass is 16.6. The van der Waals surface area contributed by atoms with Crippen LogP contribution in [0.4, 0.5) is 0 Å². The van der Waals surface area contributed by atoms with Crippen LogP contribution in [0.5, 0.6) is 5.75 Å². The fourth-order valence-electron chi connectivity index (χ4n) is 1.51. The number of carbonyl (C=O) groups excluding carboxylic acids is 1. The summed E-state index contributed by atoms with van der Waals surface area (Å²) >= 11 is 0. The number of nitrogens with zero attached hydrogens (tertiary/aromatic N) is 1. The van der Waals surface area contributed by atoms with Crippen molar-refractivity contribution in [1.82, 2.24) is 4.98 Å². The van der Waals surface area contributed by atoms with E-state index in [4.69, 9.17) is 4.74 Å². The zero-order chi connectivity index (χ0) is 12.8. The molecule has 0 atom stereocenters. The fraction of sp³-hybridized carbons (Fsp3) is 0.143. The Morgan fingerprint density at radius 2 is 1.94 bits per heavy atom. The van der Waals surface area contributed by atoms with Crippen molar-refractivity contribution in [3.63, 3.8) is 0 Å². The molecule has 0 unspecified atom stereocenters. The molecule has 0 amide bonds. The summed E-state index contributed by atoms with van der Waals surface area (Å²) in [6.45, 7) is -0.0870. The molecular weight excluding hydrogens is 230 g/mol. The van der Waals surface area contributed by atoms with E-state index in [1.54, 1.807) is 18.5 Å². The van der Waals surface area contributed by atoms with E-state index in [0.29, 0.717) is 5.75 Å². The van der Waals surface area contributed by atoms with Crippen molar-refractivity contribution in [3.05, 3.63) is 48.8 Å². The van der Waals surface area contributed by atoms with Crippen LogP contribution >= 0.6 is 0 Å². The molecule has 2 rings (SSSR count). The van der Waals surface area contributed by atoms with E-state index in [1.165, 1.54) is 7.11 Å². The number of esters is 1. The number of methoxy groups -OCH3 is 1. The minimum atomic E-state index is -0.399. The third kappa shape index (κ3) is 3.07. The summed E-state index contributed by atoms with van der Waals surface area (Å²) in [5, 5.41) is 0. The second-order valence-electron chi connectivity index (χ2n) is 3.63. The number of pyridine rings is 1. The van der Waals surface area contributed by atoms with E-state index in [2.05, 4.69) is 9.72 Å². The molecule has 0 spiro atoms. The molecule has 2 aromatic rings. The monoisotopic (exact) mass is 243 g/mol. The van der Waals surface area contributed by atoms with Gasteiger partial charge in [-0.25, -0.2) is 4.79 Å². The molecule has 0 fully saturated rings. The highest BCUT2D eigenvalue weighted by Crippen LogP contribution is 2.23. The van der Waals surface area contributed by atoms with Gasteiger partial charge in [-0.1, -0.05) is 12.1 Å². The van der Waals surface area contributed by atoms with Crippen LogP contribution in [0, 0.1) is 0 Å². The molecule has 0 radical (unpaired) electrons. The lowest BCUT2D eigenvalue weighted by atomic mass is 10.1. The van der Waals surface area contributed by atoms with Gasteiger partial charge in [-0.05, 0) is 35.4 Å². The van der Waals surface area contributed by atoms with Gasteiger partial charge in [-0.2, -0.15) is 0 Å². The lowest BCUT2D eigenvalue weighted by molar-refractivity contribution is -0.142. The van der Waals surface area contributed by atoms with Crippen LogP contribution in [0.2, 0.25) is 0 Å². The third-order valence-corrected chi connectivity index (χ3v) is 2.43. The van der Waals surface area contributed by atoms with Gasteiger partial charge in [0.25, 0.3) is 0 Å². The normalized spacial score (nSPS) is 9.83. The van der Waals surface area contributed by atoms with Crippen molar-refractivity contribution in [1.29, 1.82) is 0 Å². The number of aromatic nitrogens is 1. The number of hydrogen-bond acceptors (Lipinski definition) is 4. The van der Waals surface area contributed by atoms with Crippen LogP contribution < -0.4 is 4.74 Å². The van der Waals surface area contributed by atoms with Crippen molar-refractivity contribution < 1.29 is 14.3 Å². The van der Waals surface area contributed by atoms with E-state index in [-0.39, 0.29) is 6.61 Å². The van der Waals surface area contributed by atoms with E-state index < -0.39 is 5.97 Å². The van der Waals surface area contributed by atoms with Gasteiger partial charge in [0.05, 0.1) is 7.11 Å². The standard InChI is InChI=1S/C14H13NO3/c1-17-14(16)10-18-13-4-2-3-12(9-13)11-5-7-15-8-6-11/h2-9H,10H2,1H3. The van der Waals surface area contributed by atoms with E-state index in [0.717, 1.165) is 11.1 Å². The summed E-state index contributed by atoms with van der Waals surface area (Å²) in [4.78, 5) is 15.0. The zero-order valence-electron chi connectivity index (χ0n) is 10.00. The first kappa shape index (κ1) is 12.1. The largest absolute Gasteiger partial charge is 0.482 e. The third-order valence-electron chi connectivity index (χ3n) is 2.43. The zero-order valence-corrected chi connectivity index (χ0v) is 10.00. The topological polar surface area (TPSA) is 48.4 Å². The Bertz CT molecular complexity index is 526. The Kier molecular flexibility index (Phi) is 3.91. The summed E-state index contributed by atoms with van der Waals surface area (Å²) in [5.41, 5.74) is 2.06. The number of benzene rings is 1. The molecule has 1 aromatic heterocycles. The Hall–Kier alpha value is -2.36. The molecule has 0 aliphatic carbocycles. The van der Waals surface area contributed by atoms with Crippen LogP contribution in [0.15, 0.2) is 48.8 Å². The molecule has 1 heterocycles. The van der Waals surface area contributed by atoms with Gasteiger partial charge >= 0.3 is 5.97 Å². The second kappa shape index (κ2) is 5.82. The maximum absolute atomic E-state index is 11.0. The first-order valence-electron chi connectivity index (χ1n) is 5.49. The molecule has 4 nitrogen and oxygen atoms in total. The summed E-state index contributed by atoms with van der Waals surface area (Å²) < 4.78 is 9.85. The Morgan fingerprint density at radius 1 is 1.17 bits per heavy atom. The van der Waals surface area contributed by atoms with Gasteiger partial charge < -0.3 is 9.47 Å². The molecule has 0 aliphatic rings. The van der Waals surface area contributed by atoms with Crippen LogP contribution in [0.1, 0.15) is 0 Å². The lowest BCUT2D eigenvalue weighted by Crippen LogP contribution is -2.12. The minimum Gasteiger partial charge on any atom is -0.482 e. The molecule has 0 aliphatic heterocycles. The maximum atomic E-state index is 11.0. The number of rotatable bonds is 4. The van der Waals surface area contributed by atoms with Crippen molar-refractivity contribution >= 4 is 5.97 Å². The van der Waals surface area contributed by atoms with Gasteiger partial charge in [0.1, 0.15) is 5.75 Å². The van der Waals surface area contributed by atoms with Crippen molar-refractivity contribution in [3.8, 4) is 16.9 Å². The fourth-order valence-corrected chi connectivity index (χ4v) is 1.51. The van der Waals surface area contributed by atoms with E-state index in [1.807, 2.05) is 30.3 Å². The summed E-state index contributed by atoms with van der Waals surface area (Å²) in [7, 11) is 1.33. The van der Waals surface area contributed by atoms with Gasteiger partial charge in [0, 0.05) is 12.4 Å². The van der Waals surface area contributed by atoms with Gasteiger partial charge in [-0.3, -0.25) is 4.98 Å². The SMILES string of the molecule is COC(=O)COc1cccc(-c2ccncc2)c1. The van der Waals surface area contributed by atoms with E-state index in [9.17, 15) is 4.79 Å². The Morgan fingerprint density at radius 3 is 2.67 bits per heavy atom. The maximum Gasteiger partial charge on any atom is 0.343 e. The van der Waals surface area contributed by atoms with Gasteiger partial charge in [0.15, 0.2) is 6.61 Å². The van der Waals surface area contributed by atoms with Crippen molar-refractivity contribution in [2.75, 3.05) is 13.7 Å². The molecule has 1 aromatic carbocycles. The van der Waals surface area contributed by atoms with Gasteiger partial charge in [-0.15, -0.1) is 0 Å². The highest BCUT2D eigenvalue weighted by Gasteiger charge is 2.03. The van der Waals surface area contributed by atoms with Crippen LogP contribution in [0.3, 0.4) is 0 Å². The molecule has 0 N–H and O–H groups in total. The predicted molar refractivity (Wildman–Crippen MR) is 67.2 cm³/mol. The Balaban J connectivity index is 2.13. The molecule has 18 heavy (non-hydrogen) atoms. The first-order valence-corrected chi connectivity index (χ1v) is 5.49. The van der Waals surface area contributed by atoms with Crippen LogP contribution in [-0.2, 0) is 9.53 Å². The Labute approximate surface area is 105 Å². The predicted octanol–water partition coefficient (Wildman–Crippen LogP) is 2.30. The molecule has 4 heteroatoms. The van der Waals surface area contributed by atoms with E-state index >= 15 is 0 Å². The minimum absolute atomic E-state index is 0.0870. The average molecular weight is 243 g/mol. The molecule has 0 saturated carbocycles. The average Bonchev–Trinajstić information content (AvgIpc) is 2.46. The summed E-state index contributed by atoms with van der Waals surface area (Å²) in [5.74, 6) is 0.235. The molecule has 0 saturated heterocycles. The molecular formula is C14H13NO3. The van der Waals surface area contributed by atoms with Crippen LogP contribution in [-0.4, -0.2) is 24.7 Å². The van der Waals surface area contributed by atoms with Crippen molar-refractivity contribution in [2.24, 2.45) is 0 Å². The first-order chi connectivity index (χ1) is 8.79. The molecule has 92 valence electrons. The summed E-state index contributed by atoms with van der Waals surface area (Å²) in [6, 6.07) is 11.4. The van der Waals surface area contributed by atoms with Crippen molar-refractivity contribution in [2.45, 2.75) is 0 Å². The summed E-state index contributed by atoms with van der Waals surface area (Å²) in [6.07, 6.45) is 3.47. The number of carbonyl (C=O) groups is 1. The highest BCUT2D eigenvalue weighted by molar-refractivity contribution is 5.71. The van der Waals surface area contributed by atoms with Gasteiger partial charge in [0.2, 0.25) is 0 Å². The number of ether oxygens (including phenoxy) is 2. The molecule has 0 bridgehead atoms.